The Kier molecular flexibility index (Phi) is 8.55. The number of aromatic nitrogens is 2. The summed E-state index contributed by atoms with van der Waals surface area (Å²) in [5.74, 6) is 1.10. The zero-order valence-corrected chi connectivity index (χ0v) is 19.2. The Morgan fingerprint density at radius 3 is 2.39 bits per heavy atom. The second kappa shape index (κ2) is 11.6. The molecule has 0 saturated carbocycles. The summed E-state index contributed by atoms with van der Waals surface area (Å²) in [6.07, 6.45) is 3.63. The van der Waals surface area contributed by atoms with E-state index in [4.69, 9.17) is 4.74 Å². The van der Waals surface area contributed by atoms with Crippen molar-refractivity contribution < 1.29 is 9.53 Å². The number of rotatable bonds is 11. The van der Waals surface area contributed by atoms with Gasteiger partial charge in [-0.2, -0.15) is 0 Å². The summed E-state index contributed by atoms with van der Waals surface area (Å²) in [6, 6.07) is 16.2. The van der Waals surface area contributed by atoms with E-state index in [1.54, 1.807) is 13.3 Å². The summed E-state index contributed by atoms with van der Waals surface area (Å²) in [7, 11) is 1.65. The number of nitrogens with zero attached hydrogens (tertiary/aromatic N) is 3. The van der Waals surface area contributed by atoms with Crippen molar-refractivity contribution in [3.8, 4) is 11.4 Å². The minimum atomic E-state index is -0.0125. The standard InChI is InChI=1S/C24H30N4O2S/c1-4-27(5-2)17-20-8-6-19(7-9-20)16-26-23(29)18-31-24-25-14-15-28(24)21-10-12-22(30-3)13-11-21/h6-15H,4-5,16-18H2,1-3H3,(H,26,29). The monoisotopic (exact) mass is 438 g/mol. The van der Waals surface area contributed by atoms with Gasteiger partial charge in [-0.25, -0.2) is 4.98 Å². The van der Waals surface area contributed by atoms with E-state index in [9.17, 15) is 4.79 Å². The van der Waals surface area contributed by atoms with Crippen LogP contribution in [0.3, 0.4) is 0 Å². The fraction of sp³-hybridized carbons (Fsp3) is 0.333. The van der Waals surface area contributed by atoms with Crippen LogP contribution in [0.2, 0.25) is 0 Å². The number of nitrogens with one attached hydrogen (secondary N) is 1. The number of ether oxygens (including phenoxy) is 1. The van der Waals surface area contributed by atoms with Crippen LogP contribution in [0.5, 0.6) is 5.75 Å². The third-order valence-corrected chi connectivity index (χ3v) is 6.07. The molecule has 0 aliphatic rings. The van der Waals surface area contributed by atoms with Crippen LogP contribution in [0.25, 0.3) is 5.69 Å². The molecule has 1 heterocycles. The van der Waals surface area contributed by atoms with Gasteiger partial charge in [0.1, 0.15) is 5.75 Å². The molecular weight excluding hydrogens is 408 g/mol. The van der Waals surface area contributed by atoms with Gasteiger partial charge in [-0.1, -0.05) is 49.9 Å². The van der Waals surface area contributed by atoms with Gasteiger partial charge in [0.25, 0.3) is 0 Å². The van der Waals surface area contributed by atoms with Crippen LogP contribution in [0.15, 0.2) is 66.1 Å². The van der Waals surface area contributed by atoms with Crippen LogP contribution in [0, 0.1) is 0 Å². The number of benzene rings is 2. The maximum Gasteiger partial charge on any atom is 0.230 e. The number of methoxy groups -OCH3 is 1. The molecule has 1 amide bonds. The van der Waals surface area contributed by atoms with Gasteiger partial charge >= 0.3 is 0 Å². The van der Waals surface area contributed by atoms with Gasteiger partial charge in [0.2, 0.25) is 5.91 Å². The molecule has 3 rings (SSSR count). The van der Waals surface area contributed by atoms with Crippen LogP contribution >= 0.6 is 11.8 Å². The van der Waals surface area contributed by atoms with Crippen molar-refractivity contribution in [2.75, 3.05) is 26.0 Å². The molecule has 0 bridgehead atoms. The Morgan fingerprint density at radius 1 is 1.06 bits per heavy atom. The summed E-state index contributed by atoms with van der Waals surface area (Å²) in [5, 5.41) is 3.77. The Morgan fingerprint density at radius 2 is 1.74 bits per heavy atom. The lowest BCUT2D eigenvalue weighted by Gasteiger charge is -2.18. The van der Waals surface area contributed by atoms with Crippen molar-refractivity contribution in [2.24, 2.45) is 0 Å². The highest BCUT2D eigenvalue weighted by molar-refractivity contribution is 7.99. The minimum absolute atomic E-state index is 0.0125. The van der Waals surface area contributed by atoms with Crippen LogP contribution in [-0.2, 0) is 17.9 Å². The van der Waals surface area contributed by atoms with E-state index in [-0.39, 0.29) is 5.91 Å². The molecule has 0 aliphatic carbocycles. The molecule has 0 aliphatic heterocycles. The van der Waals surface area contributed by atoms with Crippen molar-refractivity contribution in [2.45, 2.75) is 32.1 Å². The van der Waals surface area contributed by atoms with Crippen LogP contribution in [0.1, 0.15) is 25.0 Å². The third kappa shape index (κ3) is 6.60. The molecule has 0 spiro atoms. The Bertz CT molecular complexity index is 950. The van der Waals surface area contributed by atoms with Crippen molar-refractivity contribution in [3.63, 3.8) is 0 Å². The smallest absolute Gasteiger partial charge is 0.230 e. The molecule has 0 atom stereocenters. The van der Waals surface area contributed by atoms with Crippen molar-refractivity contribution in [3.05, 3.63) is 72.1 Å². The Hall–Kier alpha value is -2.77. The zero-order chi connectivity index (χ0) is 22.1. The molecular formula is C24H30N4O2S. The average Bonchev–Trinajstić information content (AvgIpc) is 3.29. The Labute approximate surface area is 188 Å². The molecule has 1 aromatic heterocycles. The van der Waals surface area contributed by atoms with Gasteiger partial charge in [0.15, 0.2) is 5.16 Å². The first kappa shape index (κ1) is 22.9. The second-order valence-electron chi connectivity index (χ2n) is 7.12. The highest BCUT2D eigenvalue weighted by Crippen LogP contribution is 2.22. The molecule has 7 heteroatoms. The van der Waals surface area contributed by atoms with Gasteiger partial charge in [-0.05, 0) is 48.5 Å². The quantitative estimate of drug-likeness (QED) is 0.456. The van der Waals surface area contributed by atoms with Gasteiger partial charge in [-0.3, -0.25) is 14.3 Å². The fourth-order valence-electron chi connectivity index (χ4n) is 3.19. The second-order valence-corrected chi connectivity index (χ2v) is 8.06. The number of hydrogen-bond acceptors (Lipinski definition) is 5. The number of thioether (sulfide) groups is 1. The normalized spacial score (nSPS) is 11.0. The lowest BCUT2D eigenvalue weighted by Crippen LogP contribution is -2.25. The lowest BCUT2D eigenvalue weighted by molar-refractivity contribution is -0.118. The number of carbonyl (C=O) groups is 1. The summed E-state index contributed by atoms with van der Waals surface area (Å²) in [4.78, 5) is 19.1. The number of hydrogen-bond donors (Lipinski definition) is 1. The molecule has 6 nitrogen and oxygen atoms in total. The first-order chi connectivity index (χ1) is 15.1. The maximum absolute atomic E-state index is 12.3. The van der Waals surface area contributed by atoms with Gasteiger partial charge < -0.3 is 10.1 Å². The van der Waals surface area contributed by atoms with Crippen LogP contribution in [0.4, 0.5) is 0 Å². The van der Waals surface area contributed by atoms with Gasteiger partial charge in [0, 0.05) is 31.2 Å². The topological polar surface area (TPSA) is 59.4 Å². The zero-order valence-electron chi connectivity index (χ0n) is 18.4. The average molecular weight is 439 g/mol. The van der Waals surface area contributed by atoms with Gasteiger partial charge in [-0.15, -0.1) is 0 Å². The van der Waals surface area contributed by atoms with E-state index >= 15 is 0 Å². The maximum atomic E-state index is 12.3. The SMILES string of the molecule is CCN(CC)Cc1ccc(CNC(=O)CSc2nccn2-c2ccc(OC)cc2)cc1. The highest BCUT2D eigenvalue weighted by atomic mass is 32.2. The van der Waals surface area contributed by atoms with E-state index in [2.05, 4.69) is 53.3 Å². The predicted octanol–water partition coefficient (Wildman–Crippen LogP) is 4.13. The predicted molar refractivity (Wildman–Crippen MR) is 126 cm³/mol. The lowest BCUT2D eigenvalue weighted by atomic mass is 10.1. The van der Waals surface area contributed by atoms with Crippen molar-refractivity contribution in [1.29, 1.82) is 0 Å². The van der Waals surface area contributed by atoms with E-state index in [0.717, 1.165) is 41.8 Å². The Balaban J connectivity index is 1.48. The molecule has 164 valence electrons. The molecule has 3 aromatic rings. The van der Waals surface area contributed by atoms with E-state index in [1.165, 1.54) is 17.3 Å². The van der Waals surface area contributed by atoms with Gasteiger partial charge in [0.05, 0.1) is 12.9 Å². The summed E-state index contributed by atoms with van der Waals surface area (Å²) in [6.45, 7) is 7.92. The number of imidazole rings is 1. The van der Waals surface area contributed by atoms with E-state index in [0.29, 0.717) is 12.3 Å². The molecule has 0 saturated heterocycles. The van der Waals surface area contributed by atoms with Crippen LogP contribution in [-0.4, -0.2) is 46.3 Å². The number of carbonyl (C=O) groups excluding carboxylic acids is 1. The first-order valence-corrected chi connectivity index (χ1v) is 11.5. The van der Waals surface area contributed by atoms with Crippen molar-refractivity contribution >= 4 is 17.7 Å². The minimum Gasteiger partial charge on any atom is -0.497 e. The van der Waals surface area contributed by atoms with Crippen LogP contribution < -0.4 is 10.1 Å². The summed E-state index contributed by atoms with van der Waals surface area (Å²) >= 11 is 1.42. The molecule has 2 aromatic carbocycles. The van der Waals surface area contributed by atoms with E-state index < -0.39 is 0 Å². The number of amides is 1. The summed E-state index contributed by atoms with van der Waals surface area (Å²) < 4.78 is 7.17. The molecule has 0 fully saturated rings. The molecule has 0 unspecified atom stereocenters. The van der Waals surface area contributed by atoms with E-state index in [1.807, 2.05) is 35.0 Å². The molecule has 0 radical (unpaired) electrons. The van der Waals surface area contributed by atoms with Crippen molar-refractivity contribution in [1.82, 2.24) is 19.8 Å². The third-order valence-electron chi connectivity index (χ3n) is 5.10. The highest BCUT2D eigenvalue weighted by Gasteiger charge is 2.09. The first-order valence-electron chi connectivity index (χ1n) is 10.5. The molecule has 1 N–H and O–H groups in total. The molecule has 31 heavy (non-hydrogen) atoms. The summed E-state index contributed by atoms with van der Waals surface area (Å²) in [5.41, 5.74) is 3.37. The fourth-order valence-corrected chi connectivity index (χ4v) is 3.99. The largest absolute Gasteiger partial charge is 0.497 e.